The zero-order valence-corrected chi connectivity index (χ0v) is 22.8. The largest absolute Gasteiger partial charge is 0.508 e. The van der Waals surface area contributed by atoms with Crippen LogP contribution in [-0.4, -0.2) is 83.9 Å². The maximum Gasteiger partial charge on any atom is 0.243 e. The van der Waals surface area contributed by atoms with E-state index in [1.807, 2.05) is 36.6 Å². The Balaban J connectivity index is 1.90. The van der Waals surface area contributed by atoms with E-state index in [-0.39, 0.29) is 24.6 Å². The smallest absolute Gasteiger partial charge is 0.243 e. The summed E-state index contributed by atoms with van der Waals surface area (Å²) in [5.41, 5.74) is 7.63. The van der Waals surface area contributed by atoms with Gasteiger partial charge in [-0.3, -0.25) is 19.2 Å². The van der Waals surface area contributed by atoms with Gasteiger partial charge in [-0.15, -0.1) is 0 Å². The van der Waals surface area contributed by atoms with Crippen molar-refractivity contribution in [3.63, 3.8) is 0 Å². The van der Waals surface area contributed by atoms with Crippen LogP contribution < -0.4 is 21.7 Å². The average Bonchev–Trinajstić information content (AvgIpc) is 2.91. The number of rotatable bonds is 14. The molecule has 0 aliphatic carbocycles. The van der Waals surface area contributed by atoms with Gasteiger partial charge in [-0.25, -0.2) is 0 Å². The quantitative estimate of drug-likeness (QED) is 0.217. The van der Waals surface area contributed by atoms with Gasteiger partial charge in [0.2, 0.25) is 23.6 Å². The number of likely N-dealkylation sites (N-methyl/N-ethyl adjacent to an activating group) is 1. The molecule has 0 spiro atoms. The fraction of sp³-hybridized carbons (Fsp3) is 0.407. The van der Waals surface area contributed by atoms with Crippen molar-refractivity contribution in [3.05, 3.63) is 65.7 Å². The molecular formula is C27H37N5O5S. The van der Waals surface area contributed by atoms with E-state index < -0.39 is 35.8 Å². The van der Waals surface area contributed by atoms with E-state index in [0.717, 1.165) is 16.9 Å². The van der Waals surface area contributed by atoms with Crippen LogP contribution in [0.5, 0.6) is 5.75 Å². The van der Waals surface area contributed by atoms with E-state index in [1.54, 1.807) is 23.9 Å². The molecule has 6 N–H and O–H groups in total. The van der Waals surface area contributed by atoms with Crippen molar-refractivity contribution in [1.29, 1.82) is 0 Å². The Labute approximate surface area is 227 Å². The zero-order chi connectivity index (χ0) is 28.1. The predicted octanol–water partition coefficient (Wildman–Crippen LogP) is 0.432. The first-order valence-corrected chi connectivity index (χ1v) is 13.7. The number of nitrogens with zero attached hydrogens (tertiary/aromatic N) is 1. The first-order chi connectivity index (χ1) is 18.1. The fourth-order valence-electron chi connectivity index (χ4n) is 3.62. The molecule has 0 fully saturated rings. The summed E-state index contributed by atoms with van der Waals surface area (Å²) in [7, 11) is 1.53. The van der Waals surface area contributed by atoms with Crippen LogP contribution in [0.25, 0.3) is 0 Å². The van der Waals surface area contributed by atoms with Crippen LogP contribution in [0.1, 0.15) is 18.1 Å². The summed E-state index contributed by atoms with van der Waals surface area (Å²) < 4.78 is 0. The summed E-state index contributed by atoms with van der Waals surface area (Å²) in [6.45, 7) is 1.64. The van der Waals surface area contributed by atoms with Gasteiger partial charge in [-0.05, 0) is 42.9 Å². The molecule has 0 saturated heterocycles. The Kier molecular flexibility index (Phi) is 12.6. The highest BCUT2D eigenvalue weighted by Gasteiger charge is 2.28. The van der Waals surface area contributed by atoms with Crippen molar-refractivity contribution in [3.8, 4) is 5.75 Å². The number of amides is 4. The van der Waals surface area contributed by atoms with Gasteiger partial charge < -0.3 is 31.7 Å². The van der Waals surface area contributed by atoms with Gasteiger partial charge in [0.1, 0.15) is 17.8 Å². The molecular weight excluding hydrogens is 506 g/mol. The van der Waals surface area contributed by atoms with E-state index in [9.17, 15) is 24.3 Å². The number of benzene rings is 2. The number of phenols is 1. The third-order valence-electron chi connectivity index (χ3n) is 5.94. The van der Waals surface area contributed by atoms with Crippen LogP contribution in [0.15, 0.2) is 54.6 Å². The molecule has 11 heteroatoms. The molecule has 38 heavy (non-hydrogen) atoms. The van der Waals surface area contributed by atoms with Crippen molar-refractivity contribution in [1.82, 2.24) is 20.9 Å². The molecule has 2 rings (SSSR count). The van der Waals surface area contributed by atoms with Gasteiger partial charge in [0, 0.05) is 25.8 Å². The van der Waals surface area contributed by atoms with Gasteiger partial charge >= 0.3 is 0 Å². The summed E-state index contributed by atoms with van der Waals surface area (Å²) in [5, 5.41) is 17.3. The Morgan fingerprint density at radius 2 is 1.55 bits per heavy atom. The van der Waals surface area contributed by atoms with Gasteiger partial charge in [0.15, 0.2) is 0 Å². The van der Waals surface area contributed by atoms with Crippen LogP contribution in [0.2, 0.25) is 0 Å². The summed E-state index contributed by atoms with van der Waals surface area (Å²) >= 11 is 1.60. The van der Waals surface area contributed by atoms with Crippen LogP contribution >= 0.6 is 11.8 Å². The second-order valence-corrected chi connectivity index (χ2v) is 9.90. The molecule has 206 valence electrons. The van der Waals surface area contributed by atoms with E-state index in [2.05, 4.69) is 16.0 Å². The minimum Gasteiger partial charge on any atom is -0.508 e. The fourth-order valence-corrected chi connectivity index (χ4v) is 3.92. The van der Waals surface area contributed by atoms with Crippen molar-refractivity contribution in [2.45, 2.75) is 37.9 Å². The van der Waals surface area contributed by atoms with Crippen molar-refractivity contribution in [2.24, 2.45) is 5.73 Å². The number of nitrogens with two attached hydrogens (primary N) is 1. The zero-order valence-electron chi connectivity index (χ0n) is 22.0. The Hall–Kier alpha value is -3.57. The summed E-state index contributed by atoms with van der Waals surface area (Å²) in [6, 6.07) is 13.1. The average molecular weight is 544 g/mol. The van der Waals surface area contributed by atoms with Crippen LogP contribution in [-0.2, 0) is 32.0 Å². The highest BCUT2D eigenvalue weighted by molar-refractivity contribution is 7.98. The maximum atomic E-state index is 12.9. The highest BCUT2D eigenvalue weighted by atomic mass is 32.2. The van der Waals surface area contributed by atoms with Crippen molar-refractivity contribution >= 4 is 35.4 Å². The predicted molar refractivity (Wildman–Crippen MR) is 148 cm³/mol. The molecule has 0 saturated carbocycles. The van der Waals surface area contributed by atoms with Crippen LogP contribution in [0.3, 0.4) is 0 Å². The van der Waals surface area contributed by atoms with E-state index in [4.69, 9.17) is 5.73 Å². The van der Waals surface area contributed by atoms with Gasteiger partial charge in [0.05, 0.1) is 12.6 Å². The minimum absolute atomic E-state index is 0.111. The number of carbonyl (C=O) groups is 4. The molecule has 2 aromatic carbocycles. The summed E-state index contributed by atoms with van der Waals surface area (Å²) in [4.78, 5) is 52.1. The van der Waals surface area contributed by atoms with Crippen molar-refractivity contribution < 1.29 is 24.3 Å². The molecule has 0 heterocycles. The second kappa shape index (κ2) is 15.6. The molecule has 2 aromatic rings. The Morgan fingerprint density at radius 1 is 0.921 bits per heavy atom. The minimum atomic E-state index is -0.929. The molecule has 10 nitrogen and oxygen atoms in total. The number of hydrogen-bond acceptors (Lipinski definition) is 7. The summed E-state index contributed by atoms with van der Waals surface area (Å²) in [6.07, 6.45) is 2.50. The number of thioether (sulfide) groups is 1. The number of nitrogens with one attached hydrogen (secondary N) is 3. The second-order valence-electron chi connectivity index (χ2n) is 8.92. The molecule has 3 atom stereocenters. The van der Waals surface area contributed by atoms with E-state index in [0.29, 0.717) is 13.0 Å². The lowest BCUT2D eigenvalue weighted by atomic mass is 10.0. The molecule has 0 radical (unpaired) electrons. The van der Waals surface area contributed by atoms with Crippen LogP contribution in [0, 0.1) is 0 Å². The van der Waals surface area contributed by atoms with Gasteiger partial charge in [0.25, 0.3) is 0 Å². The lowest BCUT2D eigenvalue weighted by Crippen LogP contribution is -2.54. The highest BCUT2D eigenvalue weighted by Crippen LogP contribution is 2.11. The molecule has 0 unspecified atom stereocenters. The SMILES string of the molecule is CSCCNC(=O)[C@H](Cc1ccccc1)N(C)C(=O)CNC(=O)[C@@H](C)NC(=O)[C@@H](N)Cc1ccc(O)cc1. The lowest BCUT2D eigenvalue weighted by Gasteiger charge is -2.28. The number of aromatic hydroxyl groups is 1. The van der Waals surface area contributed by atoms with E-state index in [1.165, 1.54) is 31.0 Å². The molecule has 0 aliphatic heterocycles. The molecule has 0 aromatic heterocycles. The number of hydrogen-bond donors (Lipinski definition) is 5. The third kappa shape index (κ3) is 10.1. The van der Waals surface area contributed by atoms with Crippen molar-refractivity contribution in [2.75, 3.05) is 32.1 Å². The van der Waals surface area contributed by atoms with E-state index >= 15 is 0 Å². The lowest BCUT2D eigenvalue weighted by molar-refractivity contribution is -0.139. The van der Waals surface area contributed by atoms with Gasteiger partial charge in [-0.2, -0.15) is 11.8 Å². The standard InChI is InChI=1S/C27H37N5O5S/c1-18(31-26(36)22(28)15-20-9-11-21(33)12-10-20)25(35)30-17-24(34)32(2)23(27(37)29-13-14-38-3)16-19-7-5-4-6-8-19/h4-12,18,22-23,33H,13-17,28H2,1-3H3,(H,29,37)(H,30,35)(H,31,36)/t18-,22+,23+/m1/s1. The molecule has 4 amide bonds. The topological polar surface area (TPSA) is 154 Å². The molecule has 0 bridgehead atoms. The Bertz CT molecular complexity index is 1070. The first kappa shape index (κ1) is 30.7. The number of carbonyl (C=O) groups excluding carboxylic acids is 4. The first-order valence-electron chi connectivity index (χ1n) is 12.3. The Morgan fingerprint density at radius 3 is 2.18 bits per heavy atom. The maximum absolute atomic E-state index is 12.9. The van der Waals surface area contributed by atoms with Gasteiger partial charge in [-0.1, -0.05) is 42.5 Å². The normalized spacial score (nSPS) is 13.1. The third-order valence-corrected chi connectivity index (χ3v) is 6.55. The monoisotopic (exact) mass is 543 g/mol. The molecule has 0 aliphatic rings. The number of phenolic OH excluding ortho intramolecular Hbond substituents is 1. The summed E-state index contributed by atoms with van der Waals surface area (Å²) in [5.74, 6) is -0.926. The van der Waals surface area contributed by atoms with Crippen LogP contribution in [0.4, 0.5) is 0 Å².